The minimum atomic E-state index is 0.0679. The number of nitrogens with one attached hydrogen (secondary N) is 1. The second kappa shape index (κ2) is 7.40. The highest BCUT2D eigenvalue weighted by Crippen LogP contribution is 2.16. The van der Waals surface area contributed by atoms with Crippen LogP contribution in [0.25, 0.3) is 0 Å². The Kier molecular flexibility index (Phi) is 5.28. The molecule has 2 fully saturated rings. The molecule has 5 nitrogen and oxygen atoms in total. The van der Waals surface area contributed by atoms with Crippen LogP contribution in [0.5, 0.6) is 0 Å². The fourth-order valence-electron chi connectivity index (χ4n) is 3.23. The molecule has 0 radical (unpaired) electrons. The second-order valence-corrected chi connectivity index (χ2v) is 6.52. The molecule has 0 aromatic carbocycles. The first kappa shape index (κ1) is 15.7. The van der Waals surface area contributed by atoms with Gasteiger partial charge >= 0.3 is 0 Å². The lowest BCUT2D eigenvalue weighted by Gasteiger charge is -2.38. The zero-order valence-electron chi connectivity index (χ0n) is 12.8. The first-order valence-corrected chi connectivity index (χ1v) is 8.45. The summed E-state index contributed by atoms with van der Waals surface area (Å²) in [7, 11) is 0. The molecular formula is C16H23ClN4O. The number of pyridine rings is 1. The van der Waals surface area contributed by atoms with Crippen LogP contribution < -0.4 is 5.32 Å². The number of hydrogen-bond donors (Lipinski definition) is 1. The van der Waals surface area contributed by atoms with Crippen molar-refractivity contribution in [3.05, 3.63) is 29.0 Å². The van der Waals surface area contributed by atoms with Crippen molar-refractivity contribution in [2.24, 2.45) is 0 Å². The standard InChI is InChI=1S/C16H23ClN4O/c17-13-4-5-14(19-11-13)12-20-7-9-21(10-8-20)15-3-1-2-6-18-16(15)22/h4-5,11,15H,1-3,6-10,12H2,(H,18,22)/t15-/m0/s1. The molecule has 0 spiro atoms. The van der Waals surface area contributed by atoms with Crippen LogP contribution in [0.2, 0.25) is 5.02 Å². The van der Waals surface area contributed by atoms with Gasteiger partial charge in [0.2, 0.25) is 5.91 Å². The number of carbonyl (C=O) groups excluding carboxylic acids is 1. The molecule has 1 aromatic heterocycles. The molecule has 1 amide bonds. The van der Waals surface area contributed by atoms with Crippen LogP contribution in [0, 0.1) is 0 Å². The Morgan fingerprint density at radius 3 is 2.77 bits per heavy atom. The average Bonchev–Trinajstić information content (AvgIpc) is 2.75. The highest BCUT2D eigenvalue weighted by atomic mass is 35.5. The Morgan fingerprint density at radius 1 is 1.23 bits per heavy atom. The molecule has 0 aliphatic carbocycles. The van der Waals surface area contributed by atoms with E-state index in [2.05, 4.69) is 20.1 Å². The molecule has 0 unspecified atom stereocenters. The van der Waals surface area contributed by atoms with Crippen LogP contribution in [0.1, 0.15) is 25.0 Å². The van der Waals surface area contributed by atoms with E-state index in [4.69, 9.17) is 11.6 Å². The molecule has 0 bridgehead atoms. The summed E-state index contributed by atoms with van der Waals surface area (Å²) in [6.45, 7) is 5.54. The monoisotopic (exact) mass is 322 g/mol. The highest BCUT2D eigenvalue weighted by molar-refractivity contribution is 6.30. The van der Waals surface area contributed by atoms with Gasteiger partial charge in [0.15, 0.2) is 0 Å². The van der Waals surface area contributed by atoms with Crippen LogP contribution in [0.15, 0.2) is 18.3 Å². The molecule has 3 heterocycles. The Hall–Kier alpha value is -1.17. The predicted octanol–water partition coefficient (Wildman–Crippen LogP) is 1.52. The van der Waals surface area contributed by atoms with Gasteiger partial charge < -0.3 is 5.32 Å². The van der Waals surface area contributed by atoms with Gasteiger partial charge in [-0.25, -0.2) is 0 Å². The van der Waals surface area contributed by atoms with Crippen molar-refractivity contribution in [2.45, 2.75) is 31.8 Å². The van der Waals surface area contributed by atoms with Crippen LogP contribution in [0.4, 0.5) is 0 Å². The minimum absolute atomic E-state index is 0.0679. The van der Waals surface area contributed by atoms with Gasteiger partial charge in [-0.3, -0.25) is 19.6 Å². The number of carbonyl (C=O) groups is 1. The van der Waals surface area contributed by atoms with Crippen LogP contribution in [-0.4, -0.2) is 59.5 Å². The van der Waals surface area contributed by atoms with Crippen LogP contribution in [-0.2, 0) is 11.3 Å². The van der Waals surface area contributed by atoms with Crippen LogP contribution in [0.3, 0.4) is 0 Å². The zero-order chi connectivity index (χ0) is 15.4. The number of amides is 1. The van der Waals surface area contributed by atoms with Gasteiger partial charge in [-0.05, 0) is 31.4 Å². The molecule has 2 saturated heterocycles. The molecule has 6 heteroatoms. The lowest BCUT2D eigenvalue weighted by Crippen LogP contribution is -2.54. The highest BCUT2D eigenvalue weighted by Gasteiger charge is 2.29. The van der Waals surface area contributed by atoms with E-state index in [1.165, 1.54) is 0 Å². The van der Waals surface area contributed by atoms with Gasteiger partial charge in [0.25, 0.3) is 0 Å². The van der Waals surface area contributed by atoms with Gasteiger partial charge in [0, 0.05) is 45.5 Å². The second-order valence-electron chi connectivity index (χ2n) is 6.08. The molecule has 22 heavy (non-hydrogen) atoms. The van der Waals surface area contributed by atoms with Crippen molar-refractivity contribution < 1.29 is 4.79 Å². The summed E-state index contributed by atoms with van der Waals surface area (Å²) in [5.74, 6) is 0.213. The maximum atomic E-state index is 12.1. The van der Waals surface area contributed by atoms with E-state index in [1.807, 2.05) is 12.1 Å². The third-order valence-electron chi connectivity index (χ3n) is 4.53. The van der Waals surface area contributed by atoms with E-state index in [-0.39, 0.29) is 11.9 Å². The van der Waals surface area contributed by atoms with Crippen molar-refractivity contribution in [3.63, 3.8) is 0 Å². The number of halogens is 1. The van der Waals surface area contributed by atoms with Crippen molar-refractivity contribution in [1.29, 1.82) is 0 Å². The predicted molar refractivity (Wildman–Crippen MR) is 86.7 cm³/mol. The summed E-state index contributed by atoms with van der Waals surface area (Å²) in [5, 5.41) is 3.71. The average molecular weight is 323 g/mol. The number of hydrogen-bond acceptors (Lipinski definition) is 4. The summed E-state index contributed by atoms with van der Waals surface area (Å²) in [4.78, 5) is 21.2. The van der Waals surface area contributed by atoms with Gasteiger partial charge in [-0.1, -0.05) is 11.6 Å². The molecule has 1 atom stereocenters. The van der Waals surface area contributed by atoms with Crippen molar-refractivity contribution in [2.75, 3.05) is 32.7 Å². The van der Waals surface area contributed by atoms with E-state index >= 15 is 0 Å². The Morgan fingerprint density at radius 2 is 2.05 bits per heavy atom. The third kappa shape index (κ3) is 3.97. The van der Waals surface area contributed by atoms with Crippen molar-refractivity contribution in [1.82, 2.24) is 20.1 Å². The molecule has 2 aliphatic rings. The summed E-state index contributed by atoms with van der Waals surface area (Å²) < 4.78 is 0. The topological polar surface area (TPSA) is 48.5 Å². The number of piperazine rings is 1. The summed E-state index contributed by atoms with van der Waals surface area (Å²) in [5.41, 5.74) is 1.05. The first-order chi connectivity index (χ1) is 10.7. The summed E-state index contributed by atoms with van der Waals surface area (Å²) in [6, 6.07) is 3.93. The van der Waals surface area contributed by atoms with E-state index in [0.717, 1.165) is 64.2 Å². The lowest BCUT2D eigenvalue weighted by molar-refractivity contribution is -0.126. The molecular weight excluding hydrogens is 300 g/mol. The molecule has 1 N–H and O–H groups in total. The van der Waals surface area contributed by atoms with Crippen LogP contribution >= 0.6 is 11.6 Å². The largest absolute Gasteiger partial charge is 0.355 e. The van der Waals surface area contributed by atoms with Gasteiger partial charge in [0.05, 0.1) is 16.8 Å². The van der Waals surface area contributed by atoms with E-state index in [1.54, 1.807) is 6.20 Å². The Bertz CT molecular complexity index is 499. The number of aromatic nitrogens is 1. The summed E-state index contributed by atoms with van der Waals surface area (Å²) in [6.07, 6.45) is 4.93. The zero-order valence-corrected chi connectivity index (χ0v) is 13.6. The molecule has 1 aromatic rings. The van der Waals surface area contributed by atoms with Gasteiger partial charge in [0.1, 0.15) is 0 Å². The van der Waals surface area contributed by atoms with E-state index in [9.17, 15) is 4.79 Å². The van der Waals surface area contributed by atoms with E-state index in [0.29, 0.717) is 5.02 Å². The number of rotatable bonds is 3. The maximum absolute atomic E-state index is 12.1. The molecule has 0 saturated carbocycles. The maximum Gasteiger partial charge on any atom is 0.237 e. The summed E-state index contributed by atoms with van der Waals surface area (Å²) >= 11 is 5.87. The molecule has 3 rings (SSSR count). The van der Waals surface area contributed by atoms with Gasteiger partial charge in [-0.2, -0.15) is 0 Å². The number of nitrogens with zero attached hydrogens (tertiary/aromatic N) is 3. The van der Waals surface area contributed by atoms with Crippen molar-refractivity contribution >= 4 is 17.5 Å². The third-order valence-corrected chi connectivity index (χ3v) is 4.75. The van der Waals surface area contributed by atoms with Crippen molar-refractivity contribution in [3.8, 4) is 0 Å². The Balaban J connectivity index is 1.51. The molecule has 120 valence electrons. The van der Waals surface area contributed by atoms with Gasteiger partial charge in [-0.15, -0.1) is 0 Å². The SMILES string of the molecule is O=C1NCCCC[C@@H]1N1CCN(Cc2ccc(Cl)cn2)CC1. The fraction of sp³-hybridized carbons (Fsp3) is 0.625. The van der Waals surface area contributed by atoms with E-state index < -0.39 is 0 Å². The Labute approximate surface area is 136 Å². The molecule has 2 aliphatic heterocycles. The fourth-order valence-corrected chi connectivity index (χ4v) is 3.35. The smallest absolute Gasteiger partial charge is 0.237 e. The normalized spacial score (nSPS) is 24.8. The minimum Gasteiger partial charge on any atom is -0.355 e. The first-order valence-electron chi connectivity index (χ1n) is 8.07. The lowest BCUT2D eigenvalue weighted by atomic mass is 10.1. The quantitative estimate of drug-likeness (QED) is 0.916.